The van der Waals surface area contributed by atoms with Gasteiger partial charge in [0.25, 0.3) is 0 Å². The predicted molar refractivity (Wildman–Crippen MR) is 67.6 cm³/mol. The molecule has 0 radical (unpaired) electrons. The summed E-state index contributed by atoms with van der Waals surface area (Å²) in [7, 11) is 2.92. The second kappa shape index (κ2) is 7.25. The normalized spacial score (nSPS) is 13.1. The molecule has 1 heterocycles. The van der Waals surface area contributed by atoms with Crippen molar-refractivity contribution >= 4 is 11.6 Å². The Balaban J connectivity index is 2.70. The number of ether oxygens (including phenoxy) is 1. The number of aliphatic hydroxyl groups excluding tert-OH is 1. The monoisotopic (exact) mass is 294 g/mol. The fourth-order valence-electron chi connectivity index (χ4n) is 1.44. The van der Waals surface area contributed by atoms with E-state index < -0.39 is 18.1 Å². The van der Waals surface area contributed by atoms with Crippen molar-refractivity contribution < 1.29 is 23.0 Å². The number of alkyl halides is 3. The van der Waals surface area contributed by atoms with Crippen LogP contribution in [0.2, 0.25) is 0 Å². The largest absolute Gasteiger partial charge is 0.451 e. The van der Waals surface area contributed by atoms with Crippen LogP contribution < -0.4 is 10.6 Å². The first-order valence-corrected chi connectivity index (χ1v) is 5.91. The Kier molecular flexibility index (Phi) is 5.96. The van der Waals surface area contributed by atoms with Crippen molar-refractivity contribution in [2.75, 3.05) is 37.9 Å². The zero-order chi connectivity index (χ0) is 15.2. The van der Waals surface area contributed by atoms with Gasteiger partial charge in [0.15, 0.2) is 0 Å². The van der Waals surface area contributed by atoms with Crippen LogP contribution >= 0.6 is 0 Å². The highest BCUT2D eigenvalue weighted by molar-refractivity contribution is 5.47. The number of aliphatic hydroxyl groups is 1. The maximum Gasteiger partial charge on any atom is 0.451 e. The van der Waals surface area contributed by atoms with Crippen molar-refractivity contribution in [3.8, 4) is 0 Å². The van der Waals surface area contributed by atoms with E-state index in [1.54, 1.807) is 0 Å². The summed E-state index contributed by atoms with van der Waals surface area (Å²) in [5, 5.41) is 14.7. The average molecular weight is 294 g/mol. The minimum absolute atomic E-state index is 0.0429. The Hall–Kier alpha value is -1.61. The molecule has 0 saturated heterocycles. The van der Waals surface area contributed by atoms with Gasteiger partial charge in [-0.1, -0.05) is 0 Å². The van der Waals surface area contributed by atoms with Gasteiger partial charge in [-0.15, -0.1) is 0 Å². The van der Waals surface area contributed by atoms with Gasteiger partial charge in [-0.3, -0.25) is 0 Å². The first-order valence-electron chi connectivity index (χ1n) is 5.91. The first kappa shape index (κ1) is 16.4. The maximum atomic E-state index is 12.6. The summed E-state index contributed by atoms with van der Waals surface area (Å²) in [5.74, 6) is -1.11. The molecule has 0 aliphatic carbocycles. The number of methoxy groups -OCH3 is 1. The van der Waals surface area contributed by atoms with Gasteiger partial charge in [-0.05, 0) is 6.42 Å². The summed E-state index contributed by atoms with van der Waals surface area (Å²) >= 11 is 0. The fraction of sp³-hybridized carbons (Fsp3) is 0.636. The highest BCUT2D eigenvalue weighted by atomic mass is 19.4. The number of anilines is 2. The second-order valence-corrected chi connectivity index (χ2v) is 4.03. The Morgan fingerprint density at radius 2 is 2.00 bits per heavy atom. The van der Waals surface area contributed by atoms with E-state index in [-0.39, 0.29) is 24.8 Å². The van der Waals surface area contributed by atoms with Crippen LogP contribution in [0.4, 0.5) is 24.8 Å². The van der Waals surface area contributed by atoms with Gasteiger partial charge in [0.1, 0.15) is 11.6 Å². The van der Waals surface area contributed by atoms with Gasteiger partial charge in [0.2, 0.25) is 5.82 Å². The summed E-state index contributed by atoms with van der Waals surface area (Å²) in [6.07, 6.45) is -4.97. The Morgan fingerprint density at radius 1 is 1.35 bits per heavy atom. The summed E-state index contributed by atoms with van der Waals surface area (Å²) in [6, 6.07) is 1.36. The molecule has 1 aromatic heterocycles. The predicted octanol–water partition coefficient (Wildman–Crippen LogP) is 1.35. The number of rotatable bonds is 7. The van der Waals surface area contributed by atoms with Crippen LogP contribution in [-0.2, 0) is 10.9 Å². The molecular formula is C11H17F3N4O2. The van der Waals surface area contributed by atoms with Crippen LogP contribution in [0, 0.1) is 0 Å². The summed E-state index contributed by atoms with van der Waals surface area (Å²) in [6.45, 7) is 0.434. The summed E-state index contributed by atoms with van der Waals surface area (Å²) in [5.41, 5.74) is 0. The average Bonchev–Trinajstić information content (AvgIpc) is 2.37. The number of halogens is 3. The van der Waals surface area contributed by atoms with Crippen molar-refractivity contribution in [2.24, 2.45) is 0 Å². The molecular weight excluding hydrogens is 277 g/mol. The van der Waals surface area contributed by atoms with E-state index in [1.807, 2.05) is 0 Å². The molecule has 9 heteroatoms. The summed E-state index contributed by atoms with van der Waals surface area (Å²) in [4.78, 5) is 6.73. The number of nitrogens with one attached hydrogen (secondary N) is 2. The van der Waals surface area contributed by atoms with Gasteiger partial charge in [0.05, 0.1) is 12.7 Å². The molecule has 3 N–H and O–H groups in total. The van der Waals surface area contributed by atoms with E-state index in [2.05, 4.69) is 20.6 Å². The van der Waals surface area contributed by atoms with Crippen molar-refractivity contribution in [2.45, 2.75) is 18.7 Å². The van der Waals surface area contributed by atoms with E-state index in [0.29, 0.717) is 6.42 Å². The quantitative estimate of drug-likeness (QED) is 0.704. The number of hydrogen-bond donors (Lipinski definition) is 3. The van der Waals surface area contributed by atoms with Crippen molar-refractivity contribution in [1.29, 1.82) is 0 Å². The SMILES string of the molecule is CNc1cc(NCCC(O)COC)nc(C(F)(F)F)n1. The molecule has 0 aromatic carbocycles. The van der Waals surface area contributed by atoms with Crippen LogP contribution in [-0.4, -0.2) is 48.5 Å². The third kappa shape index (κ3) is 5.17. The molecule has 1 aromatic rings. The smallest absolute Gasteiger partial charge is 0.391 e. The van der Waals surface area contributed by atoms with Crippen LogP contribution in [0.3, 0.4) is 0 Å². The van der Waals surface area contributed by atoms with Gasteiger partial charge >= 0.3 is 6.18 Å². The van der Waals surface area contributed by atoms with Crippen LogP contribution in [0.25, 0.3) is 0 Å². The first-order chi connectivity index (χ1) is 9.36. The molecule has 0 fully saturated rings. The van der Waals surface area contributed by atoms with Gasteiger partial charge in [0, 0.05) is 26.8 Å². The minimum Gasteiger partial charge on any atom is -0.391 e. The van der Waals surface area contributed by atoms with Crippen LogP contribution in [0.5, 0.6) is 0 Å². The second-order valence-electron chi connectivity index (χ2n) is 4.03. The Bertz CT molecular complexity index is 429. The third-order valence-corrected chi connectivity index (χ3v) is 2.38. The van der Waals surface area contributed by atoms with Crippen LogP contribution in [0.15, 0.2) is 6.07 Å². The lowest BCUT2D eigenvalue weighted by Gasteiger charge is -2.13. The van der Waals surface area contributed by atoms with Crippen molar-refractivity contribution in [3.63, 3.8) is 0 Å². The molecule has 1 unspecified atom stereocenters. The van der Waals surface area contributed by atoms with Crippen molar-refractivity contribution in [3.05, 3.63) is 11.9 Å². The van der Waals surface area contributed by atoms with Gasteiger partial charge in [-0.2, -0.15) is 13.2 Å². The number of aromatic nitrogens is 2. The van der Waals surface area contributed by atoms with Crippen molar-refractivity contribution in [1.82, 2.24) is 9.97 Å². The highest BCUT2D eigenvalue weighted by Crippen LogP contribution is 2.28. The lowest BCUT2D eigenvalue weighted by Crippen LogP contribution is -2.19. The molecule has 0 aliphatic rings. The topological polar surface area (TPSA) is 79.3 Å². The number of hydrogen-bond acceptors (Lipinski definition) is 6. The lowest BCUT2D eigenvalue weighted by atomic mass is 10.2. The molecule has 0 bridgehead atoms. The fourth-order valence-corrected chi connectivity index (χ4v) is 1.44. The van der Waals surface area contributed by atoms with E-state index in [4.69, 9.17) is 4.74 Å². The van der Waals surface area contributed by atoms with Gasteiger partial charge < -0.3 is 20.5 Å². The van der Waals surface area contributed by atoms with E-state index in [0.717, 1.165) is 0 Å². The molecule has 1 rings (SSSR count). The Labute approximate surface area is 114 Å². The highest BCUT2D eigenvalue weighted by Gasteiger charge is 2.35. The van der Waals surface area contributed by atoms with E-state index in [9.17, 15) is 18.3 Å². The van der Waals surface area contributed by atoms with Crippen LogP contribution in [0.1, 0.15) is 12.2 Å². The van der Waals surface area contributed by atoms with E-state index >= 15 is 0 Å². The molecule has 0 amide bonds. The van der Waals surface area contributed by atoms with Gasteiger partial charge in [-0.25, -0.2) is 9.97 Å². The zero-order valence-corrected chi connectivity index (χ0v) is 11.2. The van der Waals surface area contributed by atoms with E-state index in [1.165, 1.54) is 20.2 Å². The molecule has 20 heavy (non-hydrogen) atoms. The summed E-state index contributed by atoms with van der Waals surface area (Å²) < 4.78 is 42.5. The lowest BCUT2D eigenvalue weighted by molar-refractivity contribution is -0.144. The Morgan fingerprint density at radius 3 is 2.55 bits per heavy atom. The third-order valence-electron chi connectivity index (χ3n) is 2.38. The number of nitrogens with zero attached hydrogens (tertiary/aromatic N) is 2. The molecule has 0 saturated carbocycles. The maximum absolute atomic E-state index is 12.6. The molecule has 0 spiro atoms. The minimum atomic E-state index is -4.61. The molecule has 0 aliphatic heterocycles. The molecule has 114 valence electrons. The zero-order valence-electron chi connectivity index (χ0n) is 11.2. The standard InChI is InChI=1S/C11H17F3N4O2/c1-15-8-5-9(16-4-3-7(19)6-20-2)18-10(17-8)11(12,13)14/h5,7,19H,3-4,6H2,1-2H3,(H2,15,16,17,18). The molecule has 6 nitrogen and oxygen atoms in total. The molecule has 1 atom stereocenters.